The van der Waals surface area contributed by atoms with Crippen LogP contribution in [0.4, 0.5) is 14.5 Å². The van der Waals surface area contributed by atoms with Crippen molar-refractivity contribution in [3.8, 4) is 0 Å². The average molecular weight is 294 g/mol. The SMILES string of the molecule is CC(C)N(CCO)S(=O)(=O)c1cc(N)cc(F)c1F. The van der Waals surface area contributed by atoms with Gasteiger partial charge >= 0.3 is 0 Å². The molecule has 108 valence electrons. The maximum Gasteiger partial charge on any atom is 0.246 e. The molecule has 3 N–H and O–H groups in total. The largest absolute Gasteiger partial charge is 0.399 e. The fourth-order valence-corrected chi connectivity index (χ4v) is 3.39. The predicted molar refractivity (Wildman–Crippen MR) is 66.9 cm³/mol. The van der Waals surface area contributed by atoms with E-state index in [2.05, 4.69) is 0 Å². The zero-order chi connectivity index (χ0) is 14.8. The minimum absolute atomic E-state index is 0.190. The lowest BCUT2D eigenvalue weighted by molar-refractivity contribution is 0.236. The van der Waals surface area contributed by atoms with Crippen molar-refractivity contribution in [2.45, 2.75) is 24.8 Å². The highest BCUT2D eigenvalue weighted by Gasteiger charge is 2.30. The first kappa shape index (κ1) is 15.8. The van der Waals surface area contributed by atoms with Gasteiger partial charge in [0.15, 0.2) is 11.6 Å². The van der Waals surface area contributed by atoms with E-state index in [-0.39, 0.29) is 12.2 Å². The molecule has 1 aromatic carbocycles. The number of nitrogens with two attached hydrogens (primary N) is 1. The topological polar surface area (TPSA) is 83.6 Å². The molecule has 1 rings (SSSR count). The molecular formula is C11H16F2N2O3S. The summed E-state index contributed by atoms with van der Waals surface area (Å²) >= 11 is 0. The molecule has 0 saturated heterocycles. The second-order valence-electron chi connectivity index (χ2n) is 4.25. The Bertz CT molecular complexity index is 561. The molecule has 0 aliphatic heterocycles. The Labute approximate surface area is 110 Å². The molecule has 0 atom stereocenters. The fraction of sp³-hybridized carbons (Fsp3) is 0.455. The molecule has 0 bridgehead atoms. The van der Waals surface area contributed by atoms with Crippen LogP contribution in [0, 0.1) is 11.6 Å². The number of rotatable bonds is 5. The number of halogens is 2. The van der Waals surface area contributed by atoms with Crippen LogP contribution in [0.2, 0.25) is 0 Å². The van der Waals surface area contributed by atoms with Gasteiger partial charge < -0.3 is 10.8 Å². The zero-order valence-electron chi connectivity index (χ0n) is 10.6. The van der Waals surface area contributed by atoms with Gasteiger partial charge in [0, 0.05) is 18.3 Å². The van der Waals surface area contributed by atoms with Gasteiger partial charge in [-0.15, -0.1) is 0 Å². The Kier molecular flexibility index (Phi) is 4.83. The van der Waals surface area contributed by atoms with Crippen LogP contribution >= 0.6 is 0 Å². The highest BCUT2D eigenvalue weighted by molar-refractivity contribution is 7.89. The van der Waals surface area contributed by atoms with Gasteiger partial charge in [-0.1, -0.05) is 0 Å². The number of sulfonamides is 1. The molecule has 0 aliphatic carbocycles. The van der Waals surface area contributed by atoms with Crippen LogP contribution in [0.1, 0.15) is 13.8 Å². The minimum atomic E-state index is -4.26. The summed E-state index contributed by atoms with van der Waals surface area (Å²) in [5, 5.41) is 8.88. The van der Waals surface area contributed by atoms with Crippen molar-refractivity contribution in [3.63, 3.8) is 0 Å². The number of aliphatic hydroxyl groups excluding tert-OH is 1. The molecule has 0 radical (unpaired) electrons. The Morgan fingerprint density at radius 3 is 2.42 bits per heavy atom. The molecule has 0 aromatic heterocycles. The van der Waals surface area contributed by atoms with Crippen molar-refractivity contribution in [1.29, 1.82) is 0 Å². The molecule has 1 aromatic rings. The van der Waals surface area contributed by atoms with E-state index in [9.17, 15) is 17.2 Å². The van der Waals surface area contributed by atoms with Gasteiger partial charge in [0.05, 0.1) is 6.61 Å². The quantitative estimate of drug-likeness (QED) is 0.792. The van der Waals surface area contributed by atoms with Crippen LogP contribution in [-0.4, -0.2) is 37.0 Å². The molecule has 0 aliphatic rings. The monoisotopic (exact) mass is 294 g/mol. The second kappa shape index (κ2) is 5.81. The van der Waals surface area contributed by atoms with E-state index in [1.807, 2.05) is 0 Å². The van der Waals surface area contributed by atoms with Gasteiger partial charge in [0.25, 0.3) is 0 Å². The summed E-state index contributed by atoms with van der Waals surface area (Å²) in [5.41, 5.74) is 5.15. The van der Waals surface area contributed by atoms with E-state index in [1.54, 1.807) is 13.8 Å². The summed E-state index contributed by atoms with van der Waals surface area (Å²) < 4.78 is 52.2. The predicted octanol–water partition coefficient (Wildman–Crippen LogP) is 0.938. The van der Waals surface area contributed by atoms with Gasteiger partial charge in [-0.05, 0) is 26.0 Å². The molecule has 19 heavy (non-hydrogen) atoms. The van der Waals surface area contributed by atoms with Crippen molar-refractivity contribution in [1.82, 2.24) is 4.31 Å². The summed E-state index contributed by atoms with van der Waals surface area (Å²) in [6.07, 6.45) is 0. The van der Waals surface area contributed by atoms with Gasteiger partial charge in [0.2, 0.25) is 10.0 Å². The first-order chi connectivity index (χ1) is 8.71. The van der Waals surface area contributed by atoms with Crippen LogP contribution in [0.3, 0.4) is 0 Å². The average Bonchev–Trinajstić information content (AvgIpc) is 2.29. The van der Waals surface area contributed by atoms with Crippen LogP contribution in [0.15, 0.2) is 17.0 Å². The van der Waals surface area contributed by atoms with Gasteiger partial charge in [-0.3, -0.25) is 0 Å². The minimum Gasteiger partial charge on any atom is -0.399 e. The third-order valence-electron chi connectivity index (χ3n) is 2.50. The molecule has 5 nitrogen and oxygen atoms in total. The van der Waals surface area contributed by atoms with Gasteiger partial charge in [-0.2, -0.15) is 4.31 Å². The van der Waals surface area contributed by atoms with Gasteiger partial charge in [0.1, 0.15) is 4.90 Å². The standard InChI is InChI=1S/C11H16F2N2O3S/c1-7(2)15(3-4-16)19(17,18)10-6-8(14)5-9(12)11(10)13/h5-7,16H,3-4,14H2,1-2H3. The van der Waals surface area contributed by atoms with Crippen LogP contribution in [0.25, 0.3) is 0 Å². The van der Waals surface area contributed by atoms with E-state index >= 15 is 0 Å². The highest BCUT2D eigenvalue weighted by Crippen LogP contribution is 2.25. The van der Waals surface area contributed by atoms with E-state index in [0.717, 1.165) is 10.4 Å². The summed E-state index contributed by atoms with van der Waals surface area (Å²) in [5.74, 6) is -2.80. The van der Waals surface area contributed by atoms with E-state index in [4.69, 9.17) is 10.8 Å². The smallest absolute Gasteiger partial charge is 0.246 e. The van der Waals surface area contributed by atoms with Crippen molar-refractivity contribution < 1.29 is 22.3 Å². The molecule has 0 spiro atoms. The van der Waals surface area contributed by atoms with Crippen molar-refractivity contribution >= 4 is 15.7 Å². The number of nitrogen functional groups attached to an aromatic ring is 1. The maximum absolute atomic E-state index is 13.6. The first-order valence-electron chi connectivity index (χ1n) is 5.59. The summed E-state index contributed by atoms with van der Waals surface area (Å²) in [4.78, 5) is -0.827. The normalized spacial score (nSPS) is 12.4. The number of hydrogen-bond acceptors (Lipinski definition) is 4. The summed E-state index contributed by atoms with van der Waals surface area (Å²) in [7, 11) is -4.26. The molecule has 0 unspecified atom stereocenters. The highest BCUT2D eigenvalue weighted by atomic mass is 32.2. The van der Waals surface area contributed by atoms with E-state index in [1.165, 1.54) is 0 Å². The number of hydrogen-bond donors (Lipinski definition) is 2. The Hall–Kier alpha value is -1.25. The summed E-state index contributed by atoms with van der Waals surface area (Å²) in [6, 6.07) is 1.06. The van der Waals surface area contributed by atoms with E-state index < -0.39 is 39.2 Å². The van der Waals surface area contributed by atoms with Crippen molar-refractivity contribution in [2.75, 3.05) is 18.9 Å². The third kappa shape index (κ3) is 3.20. The van der Waals surface area contributed by atoms with Crippen LogP contribution < -0.4 is 5.73 Å². The zero-order valence-corrected chi connectivity index (χ0v) is 11.4. The van der Waals surface area contributed by atoms with Crippen molar-refractivity contribution in [2.24, 2.45) is 0 Å². The number of nitrogens with zero attached hydrogens (tertiary/aromatic N) is 1. The lowest BCUT2D eigenvalue weighted by Crippen LogP contribution is -2.39. The lowest BCUT2D eigenvalue weighted by Gasteiger charge is -2.25. The number of benzene rings is 1. The first-order valence-corrected chi connectivity index (χ1v) is 7.03. The number of aliphatic hydroxyl groups is 1. The fourth-order valence-electron chi connectivity index (χ4n) is 1.65. The Balaban J connectivity index is 3.41. The van der Waals surface area contributed by atoms with Crippen LogP contribution in [-0.2, 0) is 10.0 Å². The summed E-state index contributed by atoms with van der Waals surface area (Å²) in [6.45, 7) is 2.49. The van der Waals surface area contributed by atoms with Gasteiger partial charge in [-0.25, -0.2) is 17.2 Å². The Morgan fingerprint density at radius 1 is 1.37 bits per heavy atom. The molecule has 8 heteroatoms. The molecule has 0 amide bonds. The molecule has 0 heterocycles. The lowest BCUT2D eigenvalue weighted by atomic mass is 10.3. The Morgan fingerprint density at radius 2 is 1.95 bits per heavy atom. The maximum atomic E-state index is 13.6. The van der Waals surface area contributed by atoms with E-state index in [0.29, 0.717) is 6.07 Å². The molecular weight excluding hydrogens is 278 g/mol. The van der Waals surface area contributed by atoms with Crippen LogP contribution in [0.5, 0.6) is 0 Å². The second-order valence-corrected chi connectivity index (χ2v) is 6.11. The molecule has 0 fully saturated rings. The molecule has 0 saturated carbocycles. The number of anilines is 1. The van der Waals surface area contributed by atoms with Crippen molar-refractivity contribution in [3.05, 3.63) is 23.8 Å². The third-order valence-corrected chi connectivity index (χ3v) is 4.57.